The lowest BCUT2D eigenvalue weighted by Crippen LogP contribution is -2.22. The number of carbonyl (C=O) groups excluding carboxylic acids is 2. The zero-order valence-electron chi connectivity index (χ0n) is 14.4. The molecule has 1 aliphatic rings. The highest BCUT2D eigenvalue weighted by atomic mass is 35.5. The standard InChI is InChI=1S/C19H17ClN2O5/c20-16-6-2-1-5-14(16)18(23)12-27-19(24)15-11-13(22(25)26)7-8-17(15)21-9-3-4-10-21/h1-2,5-8,11H,3-4,9-10,12H2. The monoisotopic (exact) mass is 388 g/mol. The second-order valence-corrected chi connectivity index (χ2v) is 6.54. The fourth-order valence-corrected chi connectivity index (χ4v) is 3.25. The van der Waals surface area contributed by atoms with Crippen molar-refractivity contribution in [1.29, 1.82) is 0 Å². The molecule has 140 valence electrons. The molecule has 0 aromatic heterocycles. The molecule has 0 aliphatic carbocycles. The van der Waals surface area contributed by atoms with E-state index in [1.54, 1.807) is 30.3 Å². The van der Waals surface area contributed by atoms with Crippen molar-refractivity contribution < 1.29 is 19.2 Å². The molecule has 2 aromatic rings. The first kappa shape index (κ1) is 18.8. The summed E-state index contributed by atoms with van der Waals surface area (Å²) in [5.74, 6) is -1.22. The Morgan fingerprint density at radius 2 is 1.81 bits per heavy atom. The molecule has 0 saturated carbocycles. The van der Waals surface area contributed by atoms with E-state index in [1.165, 1.54) is 12.1 Å². The maximum absolute atomic E-state index is 12.6. The van der Waals surface area contributed by atoms with Crippen molar-refractivity contribution in [3.63, 3.8) is 0 Å². The van der Waals surface area contributed by atoms with Crippen LogP contribution in [0.4, 0.5) is 11.4 Å². The van der Waals surface area contributed by atoms with Crippen LogP contribution in [0.1, 0.15) is 33.6 Å². The van der Waals surface area contributed by atoms with Crippen LogP contribution in [0.3, 0.4) is 0 Å². The lowest BCUT2D eigenvalue weighted by atomic mass is 10.1. The molecule has 27 heavy (non-hydrogen) atoms. The molecule has 0 bridgehead atoms. The molecule has 8 heteroatoms. The molecule has 1 aliphatic heterocycles. The zero-order valence-corrected chi connectivity index (χ0v) is 15.1. The Morgan fingerprint density at radius 3 is 2.48 bits per heavy atom. The van der Waals surface area contributed by atoms with Crippen molar-refractivity contribution in [1.82, 2.24) is 0 Å². The van der Waals surface area contributed by atoms with Crippen LogP contribution in [0.2, 0.25) is 5.02 Å². The number of hydrogen-bond acceptors (Lipinski definition) is 6. The molecule has 1 heterocycles. The van der Waals surface area contributed by atoms with E-state index in [0.29, 0.717) is 5.69 Å². The average Bonchev–Trinajstić information content (AvgIpc) is 3.20. The number of non-ortho nitro benzene ring substituents is 1. The van der Waals surface area contributed by atoms with Gasteiger partial charge < -0.3 is 9.64 Å². The van der Waals surface area contributed by atoms with Gasteiger partial charge in [0, 0.05) is 30.8 Å². The van der Waals surface area contributed by atoms with E-state index in [9.17, 15) is 19.7 Å². The number of nitro groups is 1. The predicted octanol–water partition coefficient (Wildman–Crippen LogP) is 3.89. The first-order chi connectivity index (χ1) is 13.0. The minimum Gasteiger partial charge on any atom is -0.454 e. The third-order valence-electron chi connectivity index (χ3n) is 4.37. The quantitative estimate of drug-likeness (QED) is 0.323. The normalized spacial score (nSPS) is 13.4. The number of esters is 1. The highest BCUT2D eigenvalue weighted by Gasteiger charge is 2.24. The lowest BCUT2D eigenvalue weighted by Gasteiger charge is -2.20. The van der Waals surface area contributed by atoms with Gasteiger partial charge in [-0.1, -0.05) is 23.7 Å². The van der Waals surface area contributed by atoms with E-state index in [1.807, 2.05) is 4.90 Å². The number of ether oxygens (including phenoxy) is 1. The van der Waals surface area contributed by atoms with E-state index in [0.717, 1.165) is 25.9 Å². The number of halogens is 1. The second-order valence-electron chi connectivity index (χ2n) is 6.13. The fraction of sp³-hybridized carbons (Fsp3) is 0.263. The van der Waals surface area contributed by atoms with Gasteiger partial charge in [-0.3, -0.25) is 14.9 Å². The van der Waals surface area contributed by atoms with Crippen molar-refractivity contribution >= 4 is 34.7 Å². The third-order valence-corrected chi connectivity index (χ3v) is 4.70. The van der Waals surface area contributed by atoms with Gasteiger partial charge in [-0.2, -0.15) is 0 Å². The van der Waals surface area contributed by atoms with Crippen LogP contribution < -0.4 is 4.90 Å². The number of rotatable bonds is 6. The first-order valence-corrected chi connectivity index (χ1v) is 8.83. The van der Waals surface area contributed by atoms with Crippen molar-refractivity contribution in [3.8, 4) is 0 Å². The van der Waals surface area contributed by atoms with Crippen LogP contribution in [0, 0.1) is 10.1 Å². The second kappa shape index (κ2) is 8.18. The van der Waals surface area contributed by atoms with Gasteiger partial charge in [-0.05, 0) is 31.0 Å². The van der Waals surface area contributed by atoms with E-state index in [2.05, 4.69) is 0 Å². The SMILES string of the molecule is O=C(COC(=O)c1cc([N+](=O)[O-])ccc1N1CCCC1)c1ccccc1Cl. The largest absolute Gasteiger partial charge is 0.454 e. The van der Waals surface area contributed by atoms with Gasteiger partial charge in [0.25, 0.3) is 5.69 Å². The maximum atomic E-state index is 12.6. The minimum absolute atomic E-state index is 0.0815. The Morgan fingerprint density at radius 1 is 1.11 bits per heavy atom. The zero-order chi connectivity index (χ0) is 19.4. The van der Waals surface area contributed by atoms with Crippen LogP contribution >= 0.6 is 11.6 Å². The summed E-state index contributed by atoms with van der Waals surface area (Å²) >= 11 is 5.98. The van der Waals surface area contributed by atoms with E-state index < -0.39 is 23.3 Å². The molecule has 0 radical (unpaired) electrons. The van der Waals surface area contributed by atoms with Crippen molar-refractivity contribution in [2.75, 3.05) is 24.6 Å². The highest BCUT2D eigenvalue weighted by molar-refractivity contribution is 6.34. The van der Waals surface area contributed by atoms with Gasteiger partial charge >= 0.3 is 5.97 Å². The Balaban J connectivity index is 1.80. The number of nitro benzene ring substituents is 1. The van der Waals surface area contributed by atoms with Gasteiger partial charge in [0.2, 0.25) is 5.78 Å². The van der Waals surface area contributed by atoms with Gasteiger partial charge in [0.05, 0.1) is 21.2 Å². The Labute approximate surface area is 160 Å². The topological polar surface area (TPSA) is 89.8 Å². The van der Waals surface area contributed by atoms with Crippen LogP contribution in [0.15, 0.2) is 42.5 Å². The van der Waals surface area contributed by atoms with Crippen LogP contribution in [0.5, 0.6) is 0 Å². The summed E-state index contributed by atoms with van der Waals surface area (Å²) < 4.78 is 5.14. The fourth-order valence-electron chi connectivity index (χ4n) is 3.01. The summed E-state index contributed by atoms with van der Waals surface area (Å²) in [6.45, 7) is 1.03. The summed E-state index contributed by atoms with van der Waals surface area (Å²) in [7, 11) is 0. The molecule has 3 rings (SSSR count). The number of ketones is 1. The number of hydrogen-bond donors (Lipinski definition) is 0. The molecule has 7 nitrogen and oxygen atoms in total. The first-order valence-electron chi connectivity index (χ1n) is 8.45. The van der Waals surface area contributed by atoms with Crippen molar-refractivity contribution in [2.45, 2.75) is 12.8 Å². The molecular weight excluding hydrogens is 372 g/mol. The van der Waals surface area contributed by atoms with Gasteiger partial charge in [0.15, 0.2) is 6.61 Å². The van der Waals surface area contributed by atoms with Crippen LogP contribution in [0.25, 0.3) is 0 Å². The molecule has 0 atom stereocenters. The number of Topliss-reactive ketones (excluding diaryl/α,β-unsaturated/α-hetero) is 1. The number of carbonyl (C=O) groups is 2. The Bertz CT molecular complexity index is 893. The van der Waals surface area contributed by atoms with Crippen molar-refractivity contribution in [3.05, 3.63) is 68.7 Å². The molecule has 0 N–H and O–H groups in total. The summed E-state index contributed by atoms with van der Waals surface area (Å²) in [5.41, 5.74) is 0.708. The van der Waals surface area contributed by atoms with E-state index >= 15 is 0 Å². The molecule has 0 spiro atoms. The van der Waals surface area contributed by atoms with Gasteiger partial charge in [-0.25, -0.2) is 4.79 Å². The van der Waals surface area contributed by atoms with E-state index in [4.69, 9.17) is 16.3 Å². The summed E-state index contributed by atoms with van der Waals surface area (Å²) in [5, 5.41) is 11.3. The van der Waals surface area contributed by atoms with Gasteiger partial charge in [0.1, 0.15) is 0 Å². The number of benzene rings is 2. The van der Waals surface area contributed by atoms with Gasteiger partial charge in [-0.15, -0.1) is 0 Å². The molecule has 1 fully saturated rings. The summed E-state index contributed by atoms with van der Waals surface area (Å²) in [4.78, 5) is 37.3. The Kier molecular flexibility index (Phi) is 5.71. The molecular formula is C19H17ClN2O5. The molecule has 2 aromatic carbocycles. The van der Waals surface area contributed by atoms with E-state index in [-0.39, 0.29) is 21.8 Å². The molecule has 0 unspecified atom stereocenters. The lowest BCUT2D eigenvalue weighted by molar-refractivity contribution is -0.384. The smallest absolute Gasteiger partial charge is 0.340 e. The maximum Gasteiger partial charge on any atom is 0.340 e. The third kappa shape index (κ3) is 4.25. The predicted molar refractivity (Wildman–Crippen MR) is 101 cm³/mol. The summed E-state index contributed by atoms with van der Waals surface area (Å²) in [6, 6.07) is 10.6. The highest BCUT2D eigenvalue weighted by Crippen LogP contribution is 2.29. The van der Waals surface area contributed by atoms with Crippen molar-refractivity contribution in [2.24, 2.45) is 0 Å². The molecule has 1 saturated heterocycles. The summed E-state index contributed by atoms with van der Waals surface area (Å²) in [6.07, 6.45) is 1.97. The minimum atomic E-state index is -0.777. The average molecular weight is 389 g/mol. The molecule has 0 amide bonds. The Hall–Kier alpha value is -2.93. The number of nitrogens with zero attached hydrogens (tertiary/aromatic N) is 2. The van der Waals surface area contributed by atoms with Crippen LogP contribution in [-0.4, -0.2) is 36.4 Å². The van der Waals surface area contributed by atoms with Crippen LogP contribution in [-0.2, 0) is 4.74 Å². The number of anilines is 1.